The zero-order valence-corrected chi connectivity index (χ0v) is 20.3. The van der Waals surface area contributed by atoms with Crippen molar-refractivity contribution in [2.24, 2.45) is 0 Å². The number of rotatable bonds is 11. The summed E-state index contributed by atoms with van der Waals surface area (Å²) in [5.41, 5.74) is 2.38. The second-order valence-electron chi connectivity index (χ2n) is 7.66. The molecule has 2 rings (SSSR count). The van der Waals surface area contributed by atoms with Crippen LogP contribution in [0.1, 0.15) is 57.9 Å². The predicted octanol–water partition coefficient (Wildman–Crippen LogP) is 3.42. The fourth-order valence-corrected chi connectivity index (χ4v) is 5.23. The number of H-pyrrole nitrogens is 1. The van der Waals surface area contributed by atoms with Gasteiger partial charge in [-0.05, 0) is 58.7 Å². The third kappa shape index (κ3) is 5.46. The van der Waals surface area contributed by atoms with E-state index in [2.05, 4.69) is 4.98 Å². The minimum Gasteiger partial charge on any atom is -0.461 e. The number of hydrogen-bond acceptors (Lipinski definition) is 6. The zero-order valence-electron chi connectivity index (χ0n) is 19.5. The van der Waals surface area contributed by atoms with E-state index in [0.717, 1.165) is 5.56 Å². The number of ether oxygens (including phenoxy) is 2. The van der Waals surface area contributed by atoms with Gasteiger partial charge in [0.05, 0.1) is 17.5 Å². The maximum atomic E-state index is 13.5. The van der Waals surface area contributed by atoms with E-state index in [9.17, 15) is 18.0 Å². The Bertz CT molecular complexity index is 1060. The molecule has 0 saturated carbocycles. The van der Waals surface area contributed by atoms with Crippen molar-refractivity contribution in [2.45, 2.75) is 52.0 Å². The average molecular weight is 465 g/mol. The molecule has 176 valence electrons. The van der Waals surface area contributed by atoms with Crippen molar-refractivity contribution in [3.05, 3.63) is 52.3 Å². The molecule has 0 saturated heterocycles. The Labute approximate surface area is 190 Å². The van der Waals surface area contributed by atoms with Gasteiger partial charge in [0.1, 0.15) is 5.69 Å². The Hall–Kier alpha value is -2.49. The Kier molecular flexibility index (Phi) is 8.77. The number of aryl methyl sites for hydroxylation is 2. The first-order chi connectivity index (χ1) is 15.1. The number of Topliss-reactive ketones (excluding diaryl/α,β-unsaturated/α-hetero) is 1. The lowest BCUT2D eigenvalue weighted by molar-refractivity contribution is 0.0519. The lowest BCUT2D eigenvalue weighted by Gasteiger charge is -2.28. The fourth-order valence-electron chi connectivity index (χ4n) is 3.60. The summed E-state index contributed by atoms with van der Waals surface area (Å²) in [5.74, 6) is -0.941. The summed E-state index contributed by atoms with van der Waals surface area (Å²) in [7, 11) is -2.40. The summed E-state index contributed by atoms with van der Waals surface area (Å²) < 4.78 is 38.2. The summed E-state index contributed by atoms with van der Waals surface area (Å²) in [6, 6.07) is 5.53. The van der Waals surface area contributed by atoms with Crippen molar-refractivity contribution in [1.82, 2.24) is 9.29 Å². The Balaban J connectivity index is 2.46. The third-order valence-electron chi connectivity index (χ3n) is 5.33. The number of methoxy groups -OCH3 is 1. The van der Waals surface area contributed by atoms with Crippen molar-refractivity contribution < 1.29 is 27.5 Å². The van der Waals surface area contributed by atoms with Gasteiger partial charge in [0, 0.05) is 31.5 Å². The summed E-state index contributed by atoms with van der Waals surface area (Å²) in [6.45, 7) is 9.15. The molecule has 2 aromatic rings. The number of carbonyl (C=O) groups excluding carboxylic acids is 2. The molecule has 1 atom stereocenters. The van der Waals surface area contributed by atoms with Gasteiger partial charge in [-0.2, -0.15) is 4.31 Å². The van der Waals surface area contributed by atoms with E-state index in [1.807, 2.05) is 6.92 Å². The van der Waals surface area contributed by atoms with E-state index >= 15 is 0 Å². The molecule has 0 aliphatic rings. The van der Waals surface area contributed by atoms with Crippen LogP contribution in [0.15, 0.2) is 29.2 Å². The quantitative estimate of drug-likeness (QED) is 0.310. The number of hydrogen-bond donors (Lipinski definition) is 1. The molecule has 0 fully saturated rings. The van der Waals surface area contributed by atoms with Gasteiger partial charge < -0.3 is 14.5 Å². The minimum atomic E-state index is -3.94. The lowest BCUT2D eigenvalue weighted by Crippen LogP contribution is -2.44. The van der Waals surface area contributed by atoms with Crippen molar-refractivity contribution in [3.8, 4) is 0 Å². The van der Waals surface area contributed by atoms with Crippen LogP contribution >= 0.6 is 0 Å². The minimum absolute atomic E-state index is 0.115. The van der Waals surface area contributed by atoms with Crippen LogP contribution in [-0.4, -0.2) is 62.4 Å². The highest BCUT2D eigenvalue weighted by Crippen LogP contribution is 2.25. The third-order valence-corrected chi connectivity index (χ3v) is 7.31. The molecule has 0 spiro atoms. The van der Waals surface area contributed by atoms with E-state index in [1.54, 1.807) is 39.8 Å². The van der Waals surface area contributed by atoms with Gasteiger partial charge in [0.25, 0.3) is 0 Å². The van der Waals surface area contributed by atoms with E-state index in [4.69, 9.17) is 9.47 Å². The molecule has 32 heavy (non-hydrogen) atoms. The maximum Gasteiger partial charge on any atom is 0.355 e. The highest BCUT2D eigenvalue weighted by atomic mass is 32.2. The van der Waals surface area contributed by atoms with E-state index in [0.29, 0.717) is 29.8 Å². The van der Waals surface area contributed by atoms with Gasteiger partial charge in [-0.15, -0.1) is 0 Å². The van der Waals surface area contributed by atoms with Crippen molar-refractivity contribution in [1.29, 1.82) is 0 Å². The number of aromatic amines is 1. The first kappa shape index (κ1) is 25.8. The molecule has 0 radical (unpaired) electrons. The first-order valence-electron chi connectivity index (χ1n) is 10.5. The standard InChI is InChI=1S/C23H32N2O6S/c1-7-31-23(27)21-16(3)20(17(4)24-21)22(26)18(5)25(13-8-14-30-6)32(28,29)19-11-9-15(2)10-12-19/h9-12,18,24H,7-8,13-14H2,1-6H3. The molecule has 1 unspecified atom stereocenters. The van der Waals surface area contributed by atoms with Gasteiger partial charge in [-0.3, -0.25) is 4.79 Å². The number of ketones is 1. The summed E-state index contributed by atoms with van der Waals surface area (Å²) in [5, 5.41) is 0. The molecular formula is C23H32N2O6S. The molecule has 1 N–H and O–H groups in total. The normalized spacial score (nSPS) is 12.7. The SMILES string of the molecule is CCOC(=O)c1[nH]c(C)c(C(=O)C(C)N(CCCOC)S(=O)(=O)c2ccc(C)cc2)c1C. The number of aromatic nitrogens is 1. The smallest absolute Gasteiger partial charge is 0.355 e. The molecule has 0 bridgehead atoms. The van der Waals surface area contributed by atoms with Crippen molar-refractivity contribution in [2.75, 3.05) is 26.9 Å². The van der Waals surface area contributed by atoms with E-state index in [1.165, 1.54) is 23.5 Å². The largest absolute Gasteiger partial charge is 0.461 e. The average Bonchev–Trinajstić information content (AvgIpc) is 3.04. The number of nitrogens with zero attached hydrogens (tertiary/aromatic N) is 1. The van der Waals surface area contributed by atoms with Crippen LogP contribution in [0.3, 0.4) is 0 Å². The van der Waals surface area contributed by atoms with Crippen LogP contribution in [0.5, 0.6) is 0 Å². The molecule has 0 aliphatic heterocycles. The van der Waals surface area contributed by atoms with Gasteiger partial charge in [-0.1, -0.05) is 17.7 Å². The van der Waals surface area contributed by atoms with Crippen LogP contribution in [0.4, 0.5) is 0 Å². The predicted molar refractivity (Wildman–Crippen MR) is 122 cm³/mol. The molecule has 8 nitrogen and oxygen atoms in total. The highest BCUT2D eigenvalue weighted by molar-refractivity contribution is 7.89. The Morgan fingerprint density at radius 1 is 1.12 bits per heavy atom. The summed E-state index contributed by atoms with van der Waals surface area (Å²) in [4.78, 5) is 28.7. The van der Waals surface area contributed by atoms with Crippen LogP contribution in [-0.2, 0) is 19.5 Å². The van der Waals surface area contributed by atoms with E-state index in [-0.39, 0.29) is 29.5 Å². The molecule has 1 aromatic carbocycles. The van der Waals surface area contributed by atoms with Gasteiger partial charge in [0.15, 0.2) is 5.78 Å². The maximum absolute atomic E-state index is 13.5. The molecule has 0 amide bonds. The zero-order chi connectivity index (χ0) is 24.1. The van der Waals surface area contributed by atoms with Crippen molar-refractivity contribution >= 4 is 21.8 Å². The highest BCUT2D eigenvalue weighted by Gasteiger charge is 2.35. The van der Waals surface area contributed by atoms with E-state index < -0.39 is 22.0 Å². The molecule has 1 aromatic heterocycles. The summed E-state index contributed by atoms with van der Waals surface area (Å²) >= 11 is 0. The Morgan fingerprint density at radius 3 is 2.31 bits per heavy atom. The molecule has 1 heterocycles. The van der Waals surface area contributed by atoms with Gasteiger partial charge in [0.2, 0.25) is 10.0 Å². The van der Waals surface area contributed by atoms with Crippen LogP contribution in [0.2, 0.25) is 0 Å². The van der Waals surface area contributed by atoms with Gasteiger partial charge in [-0.25, -0.2) is 13.2 Å². The number of sulfonamides is 1. The van der Waals surface area contributed by atoms with Crippen molar-refractivity contribution in [3.63, 3.8) is 0 Å². The topological polar surface area (TPSA) is 106 Å². The van der Waals surface area contributed by atoms with Crippen LogP contribution in [0, 0.1) is 20.8 Å². The first-order valence-corrected chi connectivity index (χ1v) is 12.0. The monoisotopic (exact) mass is 464 g/mol. The van der Waals surface area contributed by atoms with Crippen LogP contribution in [0.25, 0.3) is 0 Å². The Morgan fingerprint density at radius 2 is 1.75 bits per heavy atom. The molecule has 9 heteroatoms. The lowest BCUT2D eigenvalue weighted by atomic mass is 10.0. The number of esters is 1. The molecule has 0 aliphatic carbocycles. The molecular weight excluding hydrogens is 432 g/mol. The number of benzene rings is 1. The second kappa shape index (κ2) is 10.9. The summed E-state index contributed by atoms with van der Waals surface area (Å²) in [6.07, 6.45) is 0.429. The fraction of sp³-hybridized carbons (Fsp3) is 0.478. The number of carbonyl (C=O) groups is 2. The van der Waals surface area contributed by atoms with Gasteiger partial charge >= 0.3 is 5.97 Å². The number of nitrogens with one attached hydrogen (secondary N) is 1. The van der Waals surface area contributed by atoms with Crippen LogP contribution < -0.4 is 0 Å². The second-order valence-corrected chi connectivity index (χ2v) is 9.55.